The number of fused-ring (bicyclic) bond motifs is 3. The zero-order chi connectivity index (χ0) is 36.2. The molecule has 1 heterocycles. The monoisotopic (exact) mass is 684 g/mol. The van der Waals surface area contributed by atoms with Gasteiger partial charge in [-0.2, -0.15) is 0 Å². The van der Waals surface area contributed by atoms with Crippen LogP contribution in [0.25, 0.3) is 11.1 Å². The van der Waals surface area contributed by atoms with Crippen molar-refractivity contribution in [1.82, 2.24) is 10.2 Å². The first kappa shape index (κ1) is 35.9. The highest BCUT2D eigenvalue weighted by Crippen LogP contribution is 2.44. The number of nitrogens with one attached hydrogen (secondary N) is 1. The lowest BCUT2D eigenvalue weighted by atomic mass is 9.98. The second-order valence-corrected chi connectivity index (χ2v) is 14.0. The predicted molar refractivity (Wildman–Crippen MR) is 188 cm³/mol. The van der Waals surface area contributed by atoms with Crippen LogP contribution in [0, 0.1) is 0 Å². The molecule has 0 fully saturated rings. The van der Waals surface area contributed by atoms with Gasteiger partial charge in [-0.25, -0.2) is 34.0 Å². The van der Waals surface area contributed by atoms with Crippen LogP contribution in [-0.2, 0) is 30.2 Å². The first-order valence-corrected chi connectivity index (χ1v) is 16.5. The molecule has 0 saturated carbocycles. The number of nitrogens with zero attached hydrogens (tertiary/aromatic N) is 3. The molecule has 0 unspecified atom stereocenters. The lowest BCUT2D eigenvalue weighted by Gasteiger charge is -2.31. The van der Waals surface area contributed by atoms with Crippen LogP contribution in [-0.4, -0.2) is 79.2 Å². The smallest absolute Gasteiger partial charge is 0.421 e. The Bertz CT molecular complexity index is 1730. The van der Waals surface area contributed by atoms with Gasteiger partial charge in [0, 0.05) is 12.3 Å². The predicted octanol–water partition coefficient (Wildman–Crippen LogP) is 6.66. The van der Waals surface area contributed by atoms with E-state index < -0.39 is 41.5 Å². The second-order valence-electron chi connectivity index (χ2n) is 14.0. The van der Waals surface area contributed by atoms with Crippen molar-refractivity contribution in [3.05, 3.63) is 89.5 Å². The van der Waals surface area contributed by atoms with E-state index in [2.05, 4.69) is 22.4 Å². The number of ether oxygens (including phenoxy) is 4. The summed E-state index contributed by atoms with van der Waals surface area (Å²) in [7, 11) is 1.25. The summed E-state index contributed by atoms with van der Waals surface area (Å²) in [5.41, 5.74) is 3.80. The first-order valence-electron chi connectivity index (χ1n) is 16.5. The van der Waals surface area contributed by atoms with Crippen molar-refractivity contribution >= 4 is 35.9 Å². The molecule has 3 aromatic rings. The highest BCUT2D eigenvalue weighted by atomic mass is 16.6. The van der Waals surface area contributed by atoms with E-state index in [1.807, 2.05) is 36.4 Å². The molecule has 3 amide bonds. The quantitative estimate of drug-likeness (QED) is 0.216. The summed E-state index contributed by atoms with van der Waals surface area (Å²) in [5.74, 6) is -0.710. The minimum Gasteiger partial charge on any atom is -0.467 e. The molecule has 0 aromatic heterocycles. The summed E-state index contributed by atoms with van der Waals surface area (Å²) in [6, 6.07) is 21.7. The molecule has 264 valence electrons. The van der Waals surface area contributed by atoms with Crippen molar-refractivity contribution in [3.8, 4) is 11.1 Å². The number of carbonyl (C=O) groups excluding carboxylic acids is 4. The van der Waals surface area contributed by atoms with E-state index in [0.717, 1.165) is 22.3 Å². The van der Waals surface area contributed by atoms with Gasteiger partial charge >= 0.3 is 24.2 Å². The van der Waals surface area contributed by atoms with Gasteiger partial charge in [-0.1, -0.05) is 60.7 Å². The Morgan fingerprint density at radius 3 is 2.00 bits per heavy atom. The molecule has 12 nitrogen and oxygen atoms in total. The summed E-state index contributed by atoms with van der Waals surface area (Å²) in [5, 5.41) is 2.65. The van der Waals surface area contributed by atoms with E-state index in [0.29, 0.717) is 11.3 Å². The van der Waals surface area contributed by atoms with Crippen LogP contribution in [0.15, 0.2) is 77.8 Å². The Morgan fingerprint density at radius 2 is 1.44 bits per heavy atom. The molecule has 0 saturated heterocycles. The van der Waals surface area contributed by atoms with Gasteiger partial charge in [0.05, 0.1) is 25.9 Å². The van der Waals surface area contributed by atoms with Crippen LogP contribution in [0.3, 0.4) is 0 Å². The lowest BCUT2D eigenvalue weighted by molar-refractivity contribution is -0.143. The number of methoxy groups -OCH3 is 1. The Kier molecular flexibility index (Phi) is 10.5. The first-order chi connectivity index (χ1) is 23.6. The van der Waals surface area contributed by atoms with Gasteiger partial charge in [-0.15, -0.1) is 0 Å². The Labute approximate surface area is 292 Å². The summed E-state index contributed by atoms with van der Waals surface area (Å²) in [4.78, 5) is 59.4. The van der Waals surface area contributed by atoms with E-state index >= 15 is 0 Å². The maximum Gasteiger partial charge on any atom is 0.421 e. The number of hydrogen-bond acceptors (Lipinski definition) is 9. The minimum absolute atomic E-state index is 0.0746. The molecule has 1 aliphatic heterocycles. The number of rotatable bonds is 7. The summed E-state index contributed by atoms with van der Waals surface area (Å²) in [6.45, 7) is 11.1. The van der Waals surface area contributed by atoms with Gasteiger partial charge in [-0.3, -0.25) is 0 Å². The molecule has 12 heteroatoms. The van der Waals surface area contributed by atoms with Gasteiger partial charge < -0.3 is 24.3 Å². The Balaban J connectivity index is 1.30. The number of esters is 1. The van der Waals surface area contributed by atoms with Gasteiger partial charge in [0.15, 0.2) is 0 Å². The van der Waals surface area contributed by atoms with E-state index in [-0.39, 0.29) is 38.0 Å². The molecule has 0 bridgehead atoms. The zero-order valence-corrected chi connectivity index (χ0v) is 29.5. The van der Waals surface area contributed by atoms with Crippen LogP contribution in [0.5, 0.6) is 0 Å². The fraction of sp³-hybridized carbons (Fsp3) is 0.395. The molecule has 0 radical (unpaired) electrons. The number of guanidine groups is 1. The highest BCUT2D eigenvalue weighted by molar-refractivity contribution is 6.17. The number of aliphatic imine (C=N–C) groups is 1. The van der Waals surface area contributed by atoms with Gasteiger partial charge in [-0.05, 0) is 81.5 Å². The summed E-state index contributed by atoms with van der Waals surface area (Å²) < 4.78 is 21.9. The standard InChI is InChI=1S/C38H44N4O8/c1-37(2,3)49-35(45)41-21-20-39-33(41)42(36(46)50-38(4,5)6)25-18-16-24(17-19-25)22-31(32(43)47-7)40-34(44)48-23-30-28-14-10-8-12-26(28)27-13-9-11-15-29(27)30/h8-19,30-31H,20-23H2,1-7H3,(H,40,44)/t31-/m0/s1. The van der Waals surface area contributed by atoms with E-state index in [1.54, 1.807) is 65.8 Å². The van der Waals surface area contributed by atoms with Crippen molar-refractivity contribution in [3.63, 3.8) is 0 Å². The highest BCUT2D eigenvalue weighted by Gasteiger charge is 2.37. The fourth-order valence-corrected chi connectivity index (χ4v) is 5.86. The van der Waals surface area contributed by atoms with E-state index in [4.69, 9.17) is 18.9 Å². The molecule has 3 aromatic carbocycles. The summed E-state index contributed by atoms with van der Waals surface area (Å²) >= 11 is 0. The van der Waals surface area contributed by atoms with Gasteiger partial charge in [0.1, 0.15) is 23.9 Å². The zero-order valence-electron chi connectivity index (χ0n) is 29.5. The molecule has 1 aliphatic carbocycles. The van der Waals surface area contributed by atoms with Crippen LogP contribution in [0.2, 0.25) is 0 Å². The molecule has 50 heavy (non-hydrogen) atoms. The van der Waals surface area contributed by atoms with Gasteiger partial charge in [0.25, 0.3) is 0 Å². The SMILES string of the molecule is COC(=O)[C@H](Cc1ccc(N(C(=O)OC(C)(C)C)C2=NCCN2C(=O)OC(C)(C)C)cc1)NC(=O)OCC1c2ccccc2-c2ccccc21. The molecular weight excluding hydrogens is 640 g/mol. The molecular formula is C38H44N4O8. The lowest BCUT2D eigenvalue weighted by Crippen LogP contribution is -2.50. The van der Waals surface area contributed by atoms with Crippen LogP contribution in [0.1, 0.15) is 64.2 Å². The van der Waals surface area contributed by atoms with Crippen molar-refractivity contribution in [1.29, 1.82) is 0 Å². The van der Waals surface area contributed by atoms with Crippen molar-refractivity contribution in [2.45, 2.75) is 71.1 Å². The maximum absolute atomic E-state index is 13.5. The fourth-order valence-electron chi connectivity index (χ4n) is 5.86. The van der Waals surface area contributed by atoms with Crippen molar-refractivity contribution < 1.29 is 38.1 Å². The number of benzene rings is 3. The Morgan fingerprint density at radius 1 is 0.860 bits per heavy atom. The van der Waals surface area contributed by atoms with Crippen molar-refractivity contribution in [2.75, 3.05) is 31.7 Å². The number of amides is 3. The molecule has 1 atom stereocenters. The maximum atomic E-state index is 13.5. The second kappa shape index (κ2) is 14.6. The number of carbonyl (C=O) groups is 4. The average molecular weight is 685 g/mol. The minimum atomic E-state index is -1.05. The van der Waals surface area contributed by atoms with Crippen LogP contribution < -0.4 is 10.2 Å². The third kappa shape index (κ3) is 8.42. The number of alkyl carbamates (subject to hydrolysis) is 1. The largest absolute Gasteiger partial charge is 0.467 e. The topological polar surface area (TPSA) is 136 Å². The van der Waals surface area contributed by atoms with E-state index in [9.17, 15) is 19.2 Å². The van der Waals surface area contributed by atoms with Crippen LogP contribution >= 0.6 is 0 Å². The molecule has 2 aliphatic rings. The van der Waals surface area contributed by atoms with E-state index in [1.165, 1.54) is 16.9 Å². The summed E-state index contributed by atoms with van der Waals surface area (Å²) in [6.07, 6.45) is -2.05. The molecule has 1 N–H and O–H groups in total. The number of anilines is 1. The number of hydrogen-bond donors (Lipinski definition) is 1. The third-order valence-electron chi connectivity index (χ3n) is 7.96. The average Bonchev–Trinajstić information content (AvgIpc) is 3.65. The van der Waals surface area contributed by atoms with Crippen LogP contribution in [0.4, 0.5) is 20.1 Å². The molecule has 0 spiro atoms. The van der Waals surface area contributed by atoms with Gasteiger partial charge in [0.2, 0.25) is 5.96 Å². The van der Waals surface area contributed by atoms with Crippen molar-refractivity contribution in [2.24, 2.45) is 4.99 Å². The Hall–Kier alpha value is -5.39. The molecule has 5 rings (SSSR count). The third-order valence-corrected chi connectivity index (χ3v) is 7.96. The normalized spacial score (nSPS) is 14.5.